The van der Waals surface area contributed by atoms with Gasteiger partial charge in [-0.05, 0) is 6.07 Å². The standard InChI is InChI=1S/C9H8N2/c1-2-8-7-5-3-4-6-9(7)11-10-8/h2-6,8H,1H2. The predicted molar refractivity (Wildman–Crippen MR) is 43.9 cm³/mol. The third-order valence-corrected chi connectivity index (χ3v) is 1.77. The van der Waals surface area contributed by atoms with Crippen molar-refractivity contribution in [2.24, 2.45) is 10.2 Å². The molecule has 0 bridgehead atoms. The molecule has 0 N–H and O–H groups in total. The number of hydrogen-bond acceptors (Lipinski definition) is 2. The Morgan fingerprint density at radius 2 is 2.18 bits per heavy atom. The summed E-state index contributed by atoms with van der Waals surface area (Å²) < 4.78 is 0. The van der Waals surface area contributed by atoms with E-state index in [0.29, 0.717) is 0 Å². The number of benzene rings is 1. The molecule has 1 unspecified atom stereocenters. The van der Waals surface area contributed by atoms with E-state index < -0.39 is 0 Å². The fourth-order valence-corrected chi connectivity index (χ4v) is 1.19. The van der Waals surface area contributed by atoms with Crippen molar-refractivity contribution in [3.05, 3.63) is 42.5 Å². The molecule has 1 atom stereocenters. The number of azo groups is 1. The molecule has 0 aromatic heterocycles. The highest BCUT2D eigenvalue weighted by Gasteiger charge is 2.15. The predicted octanol–water partition coefficient (Wildman–Crippen LogP) is 3.01. The van der Waals surface area contributed by atoms with Crippen molar-refractivity contribution in [3.8, 4) is 0 Å². The van der Waals surface area contributed by atoms with Crippen molar-refractivity contribution >= 4 is 5.69 Å². The Morgan fingerprint density at radius 3 is 3.00 bits per heavy atom. The van der Waals surface area contributed by atoms with Gasteiger partial charge in [0.2, 0.25) is 0 Å². The van der Waals surface area contributed by atoms with Crippen LogP contribution in [0.3, 0.4) is 0 Å². The minimum atomic E-state index is 0.0752. The molecule has 11 heavy (non-hydrogen) atoms. The normalized spacial score (nSPS) is 19.8. The summed E-state index contributed by atoms with van der Waals surface area (Å²) in [5, 5.41) is 8.03. The summed E-state index contributed by atoms with van der Waals surface area (Å²) in [5.74, 6) is 0. The van der Waals surface area contributed by atoms with Crippen LogP contribution in [-0.2, 0) is 0 Å². The molecule has 1 aromatic rings. The van der Waals surface area contributed by atoms with Crippen LogP contribution in [0.25, 0.3) is 0 Å². The lowest BCUT2D eigenvalue weighted by molar-refractivity contribution is 0.901. The number of hydrogen-bond donors (Lipinski definition) is 0. The molecule has 2 heteroatoms. The summed E-state index contributed by atoms with van der Waals surface area (Å²) in [6.45, 7) is 3.69. The van der Waals surface area contributed by atoms with Crippen LogP contribution < -0.4 is 0 Å². The molecule has 1 aliphatic heterocycles. The second-order valence-corrected chi connectivity index (χ2v) is 2.45. The van der Waals surface area contributed by atoms with Gasteiger partial charge < -0.3 is 0 Å². The lowest BCUT2D eigenvalue weighted by atomic mass is 10.1. The fourth-order valence-electron chi connectivity index (χ4n) is 1.19. The first-order valence-electron chi connectivity index (χ1n) is 3.54. The van der Waals surface area contributed by atoms with Gasteiger partial charge in [-0.1, -0.05) is 24.3 Å². The molecule has 0 radical (unpaired) electrons. The topological polar surface area (TPSA) is 24.7 Å². The third-order valence-electron chi connectivity index (χ3n) is 1.77. The molecule has 0 saturated carbocycles. The van der Waals surface area contributed by atoms with Crippen LogP contribution in [0.5, 0.6) is 0 Å². The first-order valence-corrected chi connectivity index (χ1v) is 3.54. The highest BCUT2D eigenvalue weighted by molar-refractivity contribution is 5.50. The zero-order valence-electron chi connectivity index (χ0n) is 6.07. The van der Waals surface area contributed by atoms with Crippen molar-refractivity contribution in [2.75, 3.05) is 0 Å². The molecule has 0 amide bonds. The first-order chi connectivity index (χ1) is 5.42. The van der Waals surface area contributed by atoms with Crippen LogP contribution in [0.4, 0.5) is 5.69 Å². The van der Waals surface area contributed by atoms with Gasteiger partial charge in [-0.2, -0.15) is 10.2 Å². The summed E-state index contributed by atoms with van der Waals surface area (Å²) in [4.78, 5) is 0. The van der Waals surface area contributed by atoms with Gasteiger partial charge in [0.1, 0.15) is 6.04 Å². The molecule has 0 aliphatic carbocycles. The molecule has 0 spiro atoms. The maximum Gasteiger partial charge on any atom is 0.116 e. The maximum atomic E-state index is 4.03. The summed E-state index contributed by atoms with van der Waals surface area (Å²) in [6.07, 6.45) is 1.80. The van der Waals surface area contributed by atoms with E-state index in [-0.39, 0.29) is 6.04 Å². The molecule has 2 nitrogen and oxygen atoms in total. The lowest BCUT2D eigenvalue weighted by Gasteiger charge is -1.98. The average molecular weight is 144 g/mol. The second-order valence-electron chi connectivity index (χ2n) is 2.45. The Kier molecular flexibility index (Phi) is 1.32. The third kappa shape index (κ3) is 0.871. The summed E-state index contributed by atoms with van der Waals surface area (Å²) in [5.41, 5.74) is 2.12. The van der Waals surface area contributed by atoms with Gasteiger partial charge in [0, 0.05) is 5.56 Å². The lowest BCUT2D eigenvalue weighted by Crippen LogP contribution is -1.83. The zero-order chi connectivity index (χ0) is 7.68. The molecular formula is C9H8N2. The smallest absolute Gasteiger partial charge is 0.116 e. The van der Waals surface area contributed by atoms with Gasteiger partial charge in [0.15, 0.2) is 0 Å². The van der Waals surface area contributed by atoms with E-state index in [4.69, 9.17) is 0 Å². The highest BCUT2D eigenvalue weighted by atomic mass is 15.2. The quantitative estimate of drug-likeness (QED) is 0.541. The molecule has 1 aromatic carbocycles. The fraction of sp³-hybridized carbons (Fsp3) is 0.111. The molecule has 1 aliphatic rings. The Labute approximate surface area is 65.3 Å². The monoisotopic (exact) mass is 144 g/mol. The van der Waals surface area contributed by atoms with Crippen molar-refractivity contribution in [2.45, 2.75) is 6.04 Å². The maximum absolute atomic E-state index is 4.03. The van der Waals surface area contributed by atoms with Crippen LogP contribution >= 0.6 is 0 Å². The van der Waals surface area contributed by atoms with E-state index in [9.17, 15) is 0 Å². The Hall–Kier alpha value is -1.44. The Bertz CT molecular complexity index is 315. The van der Waals surface area contributed by atoms with Crippen LogP contribution in [0.2, 0.25) is 0 Å². The van der Waals surface area contributed by atoms with E-state index >= 15 is 0 Å². The van der Waals surface area contributed by atoms with E-state index in [1.54, 1.807) is 6.08 Å². The van der Waals surface area contributed by atoms with E-state index in [1.165, 1.54) is 0 Å². The molecular weight excluding hydrogens is 136 g/mol. The second kappa shape index (κ2) is 2.31. The van der Waals surface area contributed by atoms with E-state index in [1.807, 2.05) is 24.3 Å². The molecule has 0 saturated heterocycles. The Morgan fingerprint density at radius 1 is 1.36 bits per heavy atom. The van der Waals surface area contributed by atoms with Crippen LogP contribution in [-0.4, -0.2) is 0 Å². The van der Waals surface area contributed by atoms with Crippen LogP contribution in [0.15, 0.2) is 47.1 Å². The summed E-state index contributed by atoms with van der Waals surface area (Å²) in [6, 6.07) is 8.02. The Balaban J connectivity index is 2.53. The minimum Gasteiger partial charge on any atom is -0.176 e. The van der Waals surface area contributed by atoms with Crippen molar-refractivity contribution < 1.29 is 0 Å². The van der Waals surface area contributed by atoms with Crippen LogP contribution in [0, 0.1) is 0 Å². The minimum absolute atomic E-state index is 0.0752. The summed E-state index contributed by atoms with van der Waals surface area (Å²) >= 11 is 0. The van der Waals surface area contributed by atoms with Crippen molar-refractivity contribution in [3.63, 3.8) is 0 Å². The average Bonchev–Trinajstić information content (AvgIpc) is 2.47. The van der Waals surface area contributed by atoms with Gasteiger partial charge in [-0.15, -0.1) is 6.58 Å². The van der Waals surface area contributed by atoms with E-state index in [0.717, 1.165) is 11.3 Å². The number of fused-ring (bicyclic) bond motifs is 1. The first kappa shape index (κ1) is 6.28. The van der Waals surface area contributed by atoms with Gasteiger partial charge in [0.25, 0.3) is 0 Å². The van der Waals surface area contributed by atoms with Gasteiger partial charge in [-0.3, -0.25) is 0 Å². The van der Waals surface area contributed by atoms with Gasteiger partial charge in [0.05, 0.1) is 5.69 Å². The van der Waals surface area contributed by atoms with E-state index in [2.05, 4.69) is 16.8 Å². The molecule has 54 valence electrons. The van der Waals surface area contributed by atoms with Gasteiger partial charge in [-0.25, -0.2) is 0 Å². The summed E-state index contributed by atoms with van der Waals surface area (Å²) in [7, 11) is 0. The van der Waals surface area contributed by atoms with Crippen LogP contribution in [0.1, 0.15) is 11.6 Å². The molecule has 0 fully saturated rings. The number of rotatable bonds is 1. The van der Waals surface area contributed by atoms with Crippen molar-refractivity contribution in [1.82, 2.24) is 0 Å². The molecule has 1 heterocycles. The van der Waals surface area contributed by atoms with Crippen molar-refractivity contribution in [1.29, 1.82) is 0 Å². The largest absolute Gasteiger partial charge is 0.176 e. The zero-order valence-corrected chi connectivity index (χ0v) is 6.07. The van der Waals surface area contributed by atoms with Gasteiger partial charge >= 0.3 is 0 Å². The molecule has 2 rings (SSSR count). The highest BCUT2D eigenvalue weighted by Crippen LogP contribution is 2.35. The number of nitrogens with zero attached hydrogens (tertiary/aromatic N) is 2. The SMILES string of the molecule is C=CC1N=Nc2ccccc21.